The molecule has 0 aromatic rings. The molecule has 6 heteroatoms. The zero-order chi connectivity index (χ0) is 13.6. The maximum Gasteiger partial charge on any atom is 0.332 e. The number of rotatable bonds is 6. The van der Waals surface area contributed by atoms with Crippen molar-refractivity contribution in [3.63, 3.8) is 0 Å². The van der Waals surface area contributed by atoms with Crippen LogP contribution in [0.3, 0.4) is 0 Å². The van der Waals surface area contributed by atoms with E-state index in [2.05, 4.69) is 10.6 Å². The number of hydrogen-bond donors (Lipinski definition) is 3. The molecule has 1 fully saturated rings. The lowest BCUT2D eigenvalue weighted by atomic mass is 9.99. The van der Waals surface area contributed by atoms with Crippen LogP contribution in [0.4, 0.5) is 4.79 Å². The number of amides is 2. The molecule has 1 saturated heterocycles. The lowest BCUT2D eigenvalue weighted by Crippen LogP contribution is -2.58. The molecule has 104 valence electrons. The normalized spacial score (nSPS) is 24.6. The second kappa shape index (κ2) is 6.58. The molecule has 2 amide bonds. The van der Waals surface area contributed by atoms with Gasteiger partial charge in [0, 0.05) is 19.1 Å². The Hall–Kier alpha value is -1.30. The molecular formula is C12H22N2O4. The van der Waals surface area contributed by atoms with Crippen LogP contribution in [0.2, 0.25) is 0 Å². The average molecular weight is 258 g/mol. The van der Waals surface area contributed by atoms with Gasteiger partial charge in [-0.25, -0.2) is 9.59 Å². The highest BCUT2D eigenvalue weighted by Crippen LogP contribution is 2.18. The monoisotopic (exact) mass is 258 g/mol. The van der Waals surface area contributed by atoms with E-state index in [1.807, 2.05) is 13.8 Å². The van der Waals surface area contributed by atoms with Crippen molar-refractivity contribution in [1.82, 2.24) is 10.6 Å². The summed E-state index contributed by atoms with van der Waals surface area (Å²) < 4.78 is 5.08. The van der Waals surface area contributed by atoms with Gasteiger partial charge < -0.3 is 20.5 Å². The van der Waals surface area contributed by atoms with Crippen molar-refractivity contribution in [3.8, 4) is 0 Å². The van der Waals surface area contributed by atoms with Gasteiger partial charge in [0.1, 0.15) is 0 Å². The molecule has 2 unspecified atom stereocenters. The van der Waals surface area contributed by atoms with E-state index in [1.165, 1.54) is 0 Å². The fourth-order valence-corrected chi connectivity index (χ4v) is 2.05. The third kappa shape index (κ3) is 3.60. The van der Waals surface area contributed by atoms with Gasteiger partial charge in [-0.2, -0.15) is 0 Å². The summed E-state index contributed by atoms with van der Waals surface area (Å²) in [4.78, 5) is 23.0. The van der Waals surface area contributed by atoms with Crippen LogP contribution < -0.4 is 10.6 Å². The molecule has 3 N–H and O–H groups in total. The van der Waals surface area contributed by atoms with Crippen LogP contribution in [-0.4, -0.2) is 41.9 Å². The van der Waals surface area contributed by atoms with Gasteiger partial charge in [-0.3, -0.25) is 0 Å². The van der Waals surface area contributed by atoms with Gasteiger partial charge >= 0.3 is 12.0 Å². The highest BCUT2D eigenvalue weighted by molar-refractivity contribution is 5.86. The van der Waals surface area contributed by atoms with Gasteiger partial charge in [-0.1, -0.05) is 20.3 Å². The molecule has 1 aliphatic rings. The molecule has 0 saturated carbocycles. The highest BCUT2D eigenvalue weighted by Gasteiger charge is 2.44. The Morgan fingerprint density at radius 2 is 2.17 bits per heavy atom. The minimum Gasteiger partial charge on any atom is -0.479 e. The molecule has 1 aliphatic heterocycles. The summed E-state index contributed by atoms with van der Waals surface area (Å²) in [5.74, 6) is -1.04. The van der Waals surface area contributed by atoms with Gasteiger partial charge in [0.25, 0.3) is 0 Å². The highest BCUT2D eigenvalue weighted by atomic mass is 16.5. The summed E-state index contributed by atoms with van der Waals surface area (Å²) in [6, 6.07) is -0.341. The van der Waals surface area contributed by atoms with E-state index in [9.17, 15) is 14.7 Å². The fourth-order valence-electron chi connectivity index (χ4n) is 2.05. The standard InChI is InChI=1S/C12H22N2O4/c1-3-5-9(4-2)13-11(17)14-12(10(15)16)6-7-18-8-12/h9H,3-8H2,1-2H3,(H,15,16)(H2,13,14,17). The molecule has 0 aromatic carbocycles. The second-order valence-corrected chi connectivity index (χ2v) is 4.68. The van der Waals surface area contributed by atoms with E-state index in [-0.39, 0.29) is 12.6 Å². The predicted molar refractivity (Wildman–Crippen MR) is 66.5 cm³/mol. The first-order valence-electron chi connectivity index (χ1n) is 6.44. The number of urea groups is 1. The van der Waals surface area contributed by atoms with Crippen molar-refractivity contribution >= 4 is 12.0 Å². The van der Waals surface area contributed by atoms with Crippen LogP contribution in [-0.2, 0) is 9.53 Å². The van der Waals surface area contributed by atoms with Gasteiger partial charge in [0.15, 0.2) is 5.54 Å². The van der Waals surface area contributed by atoms with E-state index >= 15 is 0 Å². The number of carboxylic acids is 1. The topological polar surface area (TPSA) is 87.7 Å². The zero-order valence-corrected chi connectivity index (χ0v) is 11.0. The van der Waals surface area contributed by atoms with Crippen LogP contribution in [0.5, 0.6) is 0 Å². The van der Waals surface area contributed by atoms with Crippen molar-refractivity contribution in [2.24, 2.45) is 0 Å². The Morgan fingerprint density at radius 1 is 1.44 bits per heavy atom. The molecule has 1 rings (SSSR count). The van der Waals surface area contributed by atoms with Crippen molar-refractivity contribution in [2.75, 3.05) is 13.2 Å². The molecular weight excluding hydrogens is 236 g/mol. The van der Waals surface area contributed by atoms with Gasteiger partial charge in [-0.15, -0.1) is 0 Å². The van der Waals surface area contributed by atoms with Crippen LogP contribution >= 0.6 is 0 Å². The van der Waals surface area contributed by atoms with Crippen LogP contribution in [0.1, 0.15) is 39.5 Å². The summed E-state index contributed by atoms with van der Waals surface area (Å²) in [7, 11) is 0. The lowest BCUT2D eigenvalue weighted by molar-refractivity contribution is -0.144. The van der Waals surface area contributed by atoms with Crippen molar-refractivity contribution in [2.45, 2.75) is 51.1 Å². The number of carboxylic acid groups (broad SMARTS) is 1. The second-order valence-electron chi connectivity index (χ2n) is 4.68. The first kappa shape index (κ1) is 14.8. The molecule has 1 heterocycles. The number of carbonyl (C=O) groups excluding carboxylic acids is 1. The minimum absolute atomic E-state index is 0.0281. The molecule has 0 aliphatic carbocycles. The SMILES string of the molecule is CCCC(CC)NC(=O)NC1(C(=O)O)CCOC1. The Balaban J connectivity index is 2.54. The maximum absolute atomic E-state index is 11.8. The molecule has 18 heavy (non-hydrogen) atoms. The van der Waals surface area contributed by atoms with E-state index in [0.29, 0.717) is 13.0 Å². The first-order valence-corrected chi connectivity index (χ1v) is 6.44. The average Bonchev–Trinajstić information content (AvgIpc) is 2.78. The van der Waals surface area contributed by atoms with Gasteiger partial charge in [-0.05, 0) is 12.8 Å². The van der Waals surface area contributed by atoms with E-state index in [1.54, 1.807) is 0 Å². The Morgan fingerprint density at radius 3 is 2.61 bits per heavy atom. The summed E-state index contributed by atoms with van der Waals surface area (Å²) >= 11 is 0. The Bertz CT molecular complexity index is 300. The molecule has 0 bridgehead atoms. The smallest absolute Gasteiger partial charge is 0.332 e. The Labute approximate surface area is 107 Å². The van der Waals surface area contributed by atoms with Crippen molar-refractivity contribution in [3.05, 3.63) is 0 Å². The summed E-state index contributed by atoms with van der Waals surface area (Å²) in [6.45, 7) is 4.43. The van der Waals surface area contributed by atoms with Gasteiger partial charge in [0.05, 0.1) is 6.61 Å². The Kier molecular flexibility index (Phi) is 5.40. The molecule has 0 radical (unpaired) electrons. The van der Waals surface area contributed by atoms with Crippen molar-refractivity contribution in [1.29, 1.82) is 0 Å². The molecule has 2 atom stereocenters. The van der Waals surface area contributed by atoms with Crippen molar-refractivity contribution < 1.29 is 19.4 Å². The minimum atomic E-state index is -1.27. The van der Waals surface area contributed by atoms with Crippen LogP contribution in [0, 0.1) is 0 Å². The largest absolute Gasteiger partial charge is 0.479 e. The van der Waals surface area contributed by atoms with Crippen LogP contribution in [0.15, 0.2) is 0 Å². The maximum atomic E-state index is 11.8. The number of hydrogen-bond acceptors (Lipinski definition) is 3. The number of ether oxygens (including phenoxy) is 1. The van der Waals surface area contributed by atoms with E-state index in [4.69, 9.17) is 4.74 Å². The van der Waals surface area contributed by atoms with Gasteiger partial charge in [0.2, 0.25) is 0 Å². The predicted octanol–water partition coefficient (Wildman–Crippen LogP) is 1.11. The van der Waals surface area contributed by atoms with Crippen LogP contribution in [0.25, 0.3) is 0 Å². The summed E-state index contributed by atoms with van der Waals surface area (Å²) in [5.41, 5.74) is -1.27. The molecule has 0 aromatic heterocycles. The number of aliphatic carboxylic acids is 1. The summed E-state index contributed by atoms with van der Waals surface area (Å²) in [5, 5.41) is 14.5. The zero-order valence-electron chi connectivity index (χ0n) is 11.0. The third-order valence-corrected chi connectivity index (χ3v) is 3.25. The quantitative estimate of drug-likeness (QED) is 0.666. The lowest BCUT2D eigenvalue weighted by Gasteiger charge is -2.25. The van der Waals surface area contributed by atoms with E-state index < -0.39 is 17.5 Å². The third-order valence-electron chi connectivity index (χ3n) is 3.25. The molecule has 0 spiro atoms. The summed E-state index contributed by atoms with van der Waals surface area (Å²) in [6.07, 6.45) is 3.00. The number of carbonyl (C=O) groups is 2. The fraction of sp³-hybridized carbons (Fsp3) is 0.833. The van der Waals surface area contributed by atoms with E-state index in [0.717, 1.165) is 19.3 Å². The first-order chi connectivity index (χ1) is 8.54. The molecule has 6 nitrogen and oxygen atoms in total. The number of nitrogens with one attached hydrogen (secondary N) is 2.